The smallest absolute Gasteiger partial charge is 0.0988 e. The first-order valence-corrected chi connectivity index (χ1v) is 6.28. The highest BCUT2D eigenvalue weighted by Gasteiger charge is 2.48. The average Bonchev–Trinajstić information content (AvgIpc) is 3.11. The Morgan fingerprint density at radius 1 is 1.41 bits per heavy atom. The highest BCUT2D eigenvalue weighted by molar-refractivity contribution is 5.32. The molecule has 2 heteroatoms. The van der Waals surface area contributed by atoms with Crippen LogP contribution >= 0.6 is 0 Å². The van der Waals surface area contributed by atoms with E-state index in [0.717, 1.165) is 6.54 Å². The Morgan fingerprint density at radius 2 is 2.06 bits per heavy atom. The molecule has 2 N–H and O–H groups in total. The molecule has 0 saturated heterocycles. The highest BCUT2D eigenvalue weighted by atomic mass is 16.3. The van der Waals surface area contributed by atoms with Crippen molar-refractivity contribution in [1.29, 1.82) is 0 Å². The van der Waals surface area contributed by atoms with Gasteiger partial charge in [-0.25, -0.2) is 0 Å². The van der Waals surface area contributed by atoms with Gasteiger partial charge in [0.05, 0.1) is 12.3 Å². The zero-order chi connectivity index (χ0) is 12.3. The molecule has 0 radical (unpaired) electrons. The molecule has 1 atom stereocenters. The fourth-order valence-corrected chi connectivity index (χ4v) is 2.60. The largest absolute Gasteiger partial charge is 0.512 e. The van der Waals surface area contributed by atoms with Crippen molar-refractivity contribution in [3.05, 3.63) is 48.2 Å². The molecular weight excluding hydrogens is 210 g/mol. The lowest BCUT2D eigenvalue weighted by atomic mass is 9.84. The van der Waals surface area contributed by atoms with Crippen LogP contribution in [0.5, 0.6) is 0 Å². The maximum absolute atomic E-state index is 9.04. The molecule has 2 rings (SSSR count). The number of aliphatic hydroxyl groups excluding tert-OH is 1. The Labute approximate surface area is 103 Å². The predicted molar refractivity (Wildman–Crippen MR) is 71.2 cm³/mol. The van der Waals surface area contributed by atoms with Crippen molar-refractivity contribution in [2.24, 2.45) is 5.92 Å². The van der Waals surface area contributed by atoms with Crippen molar-refractivity contribution in [1.82, 2.24) is 5.32 Å². The molecule has 1 fully saturated rings. The molecule has 1 unspecified atom stereocenters. The molecule has 1 aliphatic rings. The van der Waals surface area contributed by atoms with E-state index in [2.05, 4.69) is 49.2 Å². The molecular formula is C15H21NO. The van der Waals surface area contributed by atoms with Crippen LogP contribution in [0.4, 0.5) is 0 Å². The van der Waals surface area contributed by atoms with E-state index in [-0.39, 0.29) is 5.76 Å². The van der Waals surface area contributed by atoms with Crippen LogP contribution < -0.4 is 5.32 Å². The first-order chi connectivity index (χ1) is 8.15. The van der Waals surface area contributed by atoms with Gasteiger partial charge in [-0.15, -0.1) is 0 Å². The van der Waals surface area contributed by atoms with Crippen LogP contribution in [0.3, 0.4) is 0 Å². The maximum Gasteiger partial charge on any atom is 0.0988 e. The number of hydrogen-bond acceptors (Lipinski definition) is 2. The van der Waals surface area contributed by atoms with E-state index < -0.39 is 0 Å². The minimum Gasteiger partial charge on any atom is -0.512 e. The lowest BCUT2D eigenvalue weighted by Crippen LogP contribution is -2.30. The van der Waals surface area contributed by atoms with Gasteiger partial charge < -0.3 is 10.4 Å². The molecule has 1 aromatic carbocycles. The molecule has 1 aromatic rings. The lowest BCUT2D eigenvalue weighted by Gasteiger charge is -2.24. The summed E-state index contributed by atoms with van der Waals surface area (Å²) in [4.78, 5) is 0. The van der Waals surface area contributed by atoms with E-state index in [1.54, 1.807) is 0 Å². The quantitative estimate of drug-likeness (QED) is 0.738. The molecule has 0 spiro atoms. The van der Waals surface area contributed by atoms with Gasteiger partial charge in [0, 0.05) is 0 Å². The minimum atomic E-state index is 0.210. The van der Waals surface area contributed by atoms with E-state index in [1.165, 1.54) is 18.4 Å². The average molecular weight is 231 g/mol. The van der Waals surface area contributed by atoms with Crippen molar-refractivity contribution in [2.75, 3.05) is 13.1 Å². The molecule has 1 saturated carbocycles. The Bertz CT molecular complexity index is 381. The fraction of sp³-hybridized carbons (Fsp3) is 0.467. The van der Waals surface area contributed by atoms with E-state index in [9.17, 15) is 0 Å². The van der Waals surface area contributed by atoms with Crippen molar-refractivity contribution in [3.8, 4) is 0 Å². The summed E-state index contributed by atoms with van der Waals surface area (Å²) < 4.78 is 0. The van der Waals surface area contributed by atoms with Gasteiger partial charge in [0.15, 0.2) is 0 Å². The van der Waals surface area contributed by atoms with Gasteiger partial charge in [0.1, 0.15) is 0 Å². The summed E-state index contributed by atoms with van der Waals surface area (Å²) in [6, 6.07) is 10.8. The number of nitrogens with one attached hydrogen (secondary N) is 1. The van der Waals surface area contributed by atoms with Gasteiger partial charge >= 0.3 is 0 Å². The number of hydrogen-bond donors (Lipinski definition) is 2. The van der Waals surface area contributed by atoms with E-state index in [1.807, 2.05) is 0 Å². The fourth-order valence-electron chi connectivity index (χ4n) is 2.60. The van der Waals surface area contributed by atoms with Gasteiger partial charge in [-0.3, -0.25) is 0 Å². The van der Waals surface area contributed by atoms with Crippen LogP contribution in [0.25, 0.3) is 0 Å². The molecule has 2 nitrogen and oxygen atoms in total. The van der Waals surface area contributed by atoms with Crippen molar-refractivity contribution in [2.45, 2.75) is 25.2 Å². The molecule has 0 heterocycles. The van der Waals surface area contributed by atoms with Crippen LogP contribution in [0.2, 0.25) is 0 Å². The van der Waals surface area contributed by atoms with Crippen LogP contribution in [-0.4, -0.2) is 18.2 Å². The first kappa shape index (κ1) is 12.2. The van der Waals surface area contributed by atoms with E-state index in [0.29, 0.717) is 17.9 Å². The maximum atomic E-state index is 9.04. The summed E-state index contributed by atoms with van der Waals surface area (Å²) in [6.07, 6.45) is 2.56. The normalized spacial score (nSPS) is 18.6. The number of aliphatic hydroxyl groups is 1. The minimum absolute atomic E-state index is 0.210. The second kappa shape index (κ2) is 4.92. The molecule has 0 aliphatic heterocycles. The Hall–Kier alpha value is -1.28. The summed E-state index contributed by atoms with van der Waals surface area (Å²) in [5, 5.41) is 12.3. The molecule has 0 amide bonds. The predicted octanol–water partition coefficient (Wildman–Crippen LogP) is 3.02. The molecule has 0 bridgehead atoms. The molecule has 92 valence electrons. The summed E-state index contributed by atoms with van der Waals surface area (Å²) in [5.41, 5.74) is 1.82. The summed E-state index contributed by atoms with van der Waals surface area (Å²) in [5.74, 6) is 0.797. The standard InChI is InChI=1S/C15H21NO/c1-12(10-16-11-13(2)17)15(8-9-15)14-6-4-3-5-7-14/h3-7,12,16-17H,2,8-11H2,1H3. The summed E-state index contributed by atoms with van der Waals surface area (Å²) in [7, 11) is 0. The monoisotopic (exact) mass is 231 g/mol. The summed E-state index contributed by atoms with van der Waals surface area (Å²) >= 11 is 0. The highest BCUT2D eigenvalue weighted by Crippen LogP contribution is 2.53. The van der Waals surface area contributed by atoms with Gasteiger partial charge in [0.2, 0.25) is 0 Å². The zero-order valence-corrected chi connectivity index (χ0v) is 10.4. The van der Waals surface area contributed by atoms with Gasteiger partial charge in [-0.1, -0.05) is 43.8 Å². The molecule has 0 aromatic heterocycles. The Morgan fingerprint density at radius 3 is 2.59 bits per heavy atom. The van der Waals surface area contributed by atoms with Crippen LogP contribution in [0, 0.1) is 5.92 Å². The molecule has 1 aliphatic carbocycles. The Kier molecular flexibility index (Phi) is 3.53. The zero-order valence-electron chi connectivity index (χ0n) is 10.4. The third-order valence-electron chi connectivity index (χ3n) is 3.86. The third-order valence-corrected chi connectivity index (χ3v) is 3.86. The topological polar surface area (TPSA) is 32.3 Å². The van der Waals surface area contributed by atoms with Crippen molar-refractivity contribution in [3.63, 3.8) is 0 Å². The SMILES string of the molecule is C=C(O)CNCC(C)C1(c2ccccc2)CC1. The van der Waals surface area contributed by atoms with Gasteiger partial charge in [-0.05, 0) is 36.3 Å². The first-order valence-electron chi connectivity index (χ1n) is 6.28. The Balaban J connectivity index is 1.95. The second-order valence-corrected chi connectivity index (χ2v) is 5.12. The van der Waals surface area contributed by atoms with Crippen LogP contribution in [0.15, 0.2) is 42.7 Å². The molecule has 17 heavy (non-hydrogen) atoms. The van der Waals surface area contributed by atoms with E-state index >= 15 is 0 Å². The number of benzene rings is 1. The second-order valence-electron chi connectivity index (χ2n) is 5.12. The van der Waals surface area contributed by atoms with Gasteiger partial charge in [0.25, 0.3) is 0 Å². The van der Waals surface area contributed by atoms with Crippen LogP contribution in [-0.2, 0) is 5.41 Å². The number of rotatable bonds is 6. The van der Waals surface area contributed by atoms with Crippen molar-refractivity contribution >= 4 is 0 Å². The lowest BCUT2D eigenvalue weighted by molar-refractivity contribution is 0.367. The van der Waals surface area contributed by atoms with Crippen LogP contribution in [0.1, 0.15) is 25.3 Å². The summed E-state index contributed by atoms with van der Waals surface area (Å²) in [6.45, 7) is 7.19. The van der Waals surface area contributed by atoms with E-state index in [4.69, 9.17) is 5.11 Å². The third kappa shape index (κ3) is 2.70. The van der Waals surface area contributed by atoms with Crippen molar-refractivity contribution < 1.29 is 5.11 Å². The van der Waals surface area contributed by atoms with Gasteiger partial charge in [-0.2, -0.15) is 0 Å².